The minimum atomic E-state index is -4.78. The zero-order valence-corrected chi connectivity index (χ0v) is 41.5. The number of phosphoric acid groups is 2. The van der Waals surface area contributed by atoms with Gasteiger partial charge >= 0.3 is 27.6 Å². The smallest absolute Gasteiger partial charge is 0.463 e. The molecular weight excluding hydrogens is 866 g/mol. The lowest BCUT2D eigenvalue weighted by Gasteiger charge is -2.19. The zero-order valence-electron chi connectivity index (χ0n) is 39.7. The summed E-state index contributed by atoms with van der Waals surface area (Å²) >= 11 is 0. The van der Waals surface area contributed by atoms with E-state index in [1.165, 1.54) is 109 Å². The van der Waals surface area contributed by atoms with Gasteiger partial charge < -0.3 is 34.6 Å². The summed E-state index contributed by atoms with van der Waals surface area (Å²) < 4.78 is 52.9. The van der Waals surface area contributed by atoms with Crippen molar-refractivity contribution in [2.75, 3.05) is 39.6 Å². The Labute approximate surface area is 386 Å². The number of phosphoric ester groups is 2. The van der Waals surface area contributed by atoms with Gasteiger partial charge in [0, 0.05) is 12.8 Å². The van der Waals surface area contributed by atoms with Crippen molar-refractivity contribution in [1.82, 2.24) is 0 Å². The van der Waals surface area contributed by atoms with Crippen LogP contribution in [0, 0.1) is 0 Å². The Balaban J connectivity index is 3.84. The van der Waals surface area contributed by atoms with Crippen LogP contribution in [0.1, 0.15) is 206 Å². The van der Waals surface area contributed by atoms with Gasteiger partial charge in [0.25, 0.3) is 0 Å². The summed E-state index contributed by atoms with van der Waals surface area (Å²) in [7, 11) is -9.56. The third-order valence-corrected chi connectivity index (χ3v) is 12.3. The third kappa shape index (κ3) is 45.7. The van der Waals surface area contributed by atoms with E-state index >= 15 is 0 Å². The molecule has 5 unspecified atom stereocenters. The van der Waals surface area contributed by atoms with Gasteiger partial charge in [-0.1, -0.05) is 160 Å². The number of hydrogen-bond acceptors (Lipinski definition) is 13. The average Bonchev–Trinajstić information content (AvgIpc) is 3.27. The molecule has 0 spiro atoms. The molecule has 0 aliphatic carbocycles. The van der Waals surface area contributed by atoms with Crippen LogP contribution in [0.5, 0.6) is 0 Å². The maximum atomic E-state index is 12.2. The van der Waals surface area contributed by atoms with Gasteiger partial charge in [-0.05, 0) is 57.8 Å². The zero-order chi connectivity index (χ0) is 47.4. The highest BCUT2D eigenvalue weighted by atomic mass is 31.2. The van der Waals surface area contributed by atoms with E-state index in [0.717, 1.165) is 57.8 Å². The number of rotatable bonds is 48. The summed E-state index contributed by atoms with van der Waals surface area (Å²) in [5.74, 6) is -1.00. The van der Waals surface area contributed by atoms with Crippen LogP contribution in [0.15, 0.2) is 24.3 Å². The molecule has 0 amide bonds. The molecule has 0 aromatic rings. The van der Waals surface area contributed by atoms with Gasteiger partial charge in [-0.25, -0.2) is 9.13 Å². The second-order valence-electron chi connectivity index (χ2n) is 16.8. The van der Waals surface area contributed by atoms with E-state index in [0.29, 0.717) is 12.8 Å². The first-order valence-corrected chi connectivity index (χ1v) is 27.7. The molecule has 5 N–H and O–H groups in total. The van der Waals surface area contributed by atoms with Gasteiger partial charge in [0.2, 0.25) is 0 Å². The van der Waals surface area contributed by atoms with E-state index in [-0.39, 0.29) is 12.8 Å². The van der Waals surface area contributed by atoms with Gasteiger partial charge in [-0.3, -0.25) is 27.7 Å². The molecule has 0 saturated heterocycles. The number of esters is 2. The number of ether oxygens (including phenoxy) is 2. The highest BCUT2D eigenvalue weighted by molar-refractivity contribution is 7.47. The molecule has 0 saturated carbocycles. The van der Waals surface area contributed by atoms with Gasteiger partial charge in [0.15, 0.2) is 0 Å². The van der Waals surface area contributed by atoms with Crippen molar-refractivity contribution in [3.63, 3.8) is 0 Å². The Morgan fingerprint density at radius 1 is 0.391 bits per heavy atom. The van der Waals surface area contributed by atoms with Gasteiger partial charge in [0.05, 0.1) is 26.4 Å². The number of unbranched alkanes of at least 4 members (excludes halogenated alkanes) is 24. The van der Waals surface area contributed by atoms with Crippen molar-refractivity contribution < 1.29 is 71.4 Å². The summed E-state index contributed by atoms with van der Waals surface area (Å²) in [6, 6.07) is 0. The maximum absolute atomic E-state index is 12.2. The highest BCUT2D eigenvalue weighted by Crippen LogP contribution is 2.45. The van der Waals surface area contributed by atoms with Crippen LogP contribution in [0.25, 0.3) is 0 Å². The van der Waals surface area contributed by atoms with E-state index in [1.807, 2.05) is 0 Å². The molecule has 0 aromatic carbocycles. The molecule has 0 heterocycles. The highest BCUT2D eigenvalue weighted by Gasteiger charge is 2.28. The maximum Gasteiger partial charge on any atom is 0.472 e. The van der Waals surface area contributed by atoms with Crippen LogP contribution < -0.4 is 0 Å². The summed E-state index contributed by atoms with van der Waals surface area (Å²) in [4.78, 5) is 43.7. The molecule has 0 aliphatic rings. The second-order valence-corrected chi connectivity index (χ2v) is 19.7. The molecular formula is C47H90O15P2. The molecule has 17 heteroatoms. The van der Waals surface area contributed by atoms with Crippen molar-refractivity contribution in [3.05, 3.63) is 24.3 Å². The number of carbonyl (C=O) groups is 2. The van der Waals surface area contributed by atoms with Crippen LogP contribution in [0.3, 0.4) is 0 Å². The summed E-state index contributed by atoms with van der Waals surface area (Å²) in [6.45, 7) is 0.383. The minimum absolute atomic E-state index is 0.187. The first kappa shape index (κ1) is 62.5. The Morgan fingerprint density at radius 2 is 0.641 bits per heavy atom. The molecule has 15 nitrogen and oxygen atoms in total. The fourth-order valence-corrected chi connectivity index (χ4v) is 8.07. The van der Waals surface area contributed by atoms with Crippen molar-refractivity contribution in [1.29, 1.82) is 0 Å². The summed E-state index contributed by atoms with van der Waals surface area (Å²) in [5.41, 5.74) is 0. The second kappa shape index (κ2) is 44.1. The first-order chi connectivity index (χ1) is 30.8. The lowest BCUT2D eigenvalue weighted by atomic mass is 10.0. The fourth-order valence-electron chi connectivity index (χ4n) is 6.48. The van der Waals surface area contributed by atoms with Gasteiger partial charge in [-0.2, -0.15) is 0 Å². The van der Waals surface area contributed by atoms with Crippen molar-refractivity contribution >= 4 is 27.6 Å². The Hall–Kier alpha value is -1.48. The topological polar surface area (TPSA) is 225 Å². The largest absolute Gasteiger partial charge is 0.472 e. The molecule has 0 radical (unpaired) electrons. The number of aliphatic hydroxyl groups excluding tert-OH is 3. The quantitative estimate of drug-likeness (QED) is 0.0165. The molecule has 64 heavy (non-hydrogen) atoms. The van der Waals surface area contributed by atoms with Crippen LogP contribution in [0.2, 0.25) is 0 Å². The Bertz CT molecular complexity index is 1250. The van der Waals surface area contributed by atoms with Gasteiger partial charge in [-0.15, -0.1) is 0 Å². The predicted octanol–water partition coefficient (Wildman–Crippen LogP) is 11.3. The van der Waals surface area contributed by atoms with E-state index in [9.17, 15) is 43.8 Å². The molecule has 0 rings (SSSR count). The number of carbonyl (C=O) groups excluding carboxylic acids is 2. The monoisotopic (exact) mass is 957 g/mol. The van der Waals surface area contributed by atoms with Crippen LogP contribution in [-0.4, -0.2) is 95.0 Å². The first-order valence-electron chi connectivity index (χ1n) is 24.7. The predicted molar refractivity (Wildman–Crippen MR) is 252 cm³/mol. The normalized spacial score (nSPS) is 15.3. The average molecular weight is 957 g/mol. The Kier molecular flexibility index (Phi) is 43.0. The van der Waals surface area contributed by atoms with E-state index < -0.39 is 85.5 Å². The molecule has 0 aromatic heterocycles. The van der Waals surface area contributed by atoms with Gasteiger partial charge in [0.1, 0.15) is 31.5 Å². The van der Waals surface area contributed by atoms with Crippen molar-refractivity contribution in [3.8, 4) is 0 Å². The number of hydrogen-bond donors (Lipinski definition) is 5. The van der Waals surface area contributed by atoms with Crippen LogP contribution in [-0.2, 0) is 46.3 Å². The lowest BCUT2D eigenvalue weighted by molar-refractivity contribution is -0.148. The molecule has 0 fully saturated rings. The van der Waals surface area contributed by atoms with Crippen LogP contribution in [0.4, 0.5) is 0 Å². The number of aliphatic hydroxyl groups is 3. The van der Waals surface area contributed by atoms with E-state index in [1.54, 1.807) is 0 Å². The van der Waals surface area contributed by atoms with Crippen molar-refractivity contribution in [2.24, 2.45) is 0 Å². The standard InChI is InChI=1S/C47H90O15P2/c1-3-5-7-9-11-13-15-16-17-18-19-20-21-22-23-24-26-28-30-32-34-36-47(52)58-38-44(49)40-60-64(55,56)62-42-45(50)41-61-63(53,54)59-39-43(48)37-57-46(51)35-33-31-29-27-25-14-12-10-8-6-4-2/h10,12,16-17,43-45,48-50H,3-9,11,13-15,18-42H2,1-2H3,(H,53,54)(H,55,56)/b12-10-,17-16+. The van der Waals surface area contributed by atoms with Crippen molar-refractivity contribution in [2.45, 2.75) is 225 Å². The fraction of sp³-hybridized carbons (Fsp3) is 0.872. The van der Waals surface area contributed by atoms with E-state index in [2.05, 4.69) is 56.2 Å². The molecule has 378 valence electrons. The Morgan fingerprint density at radius 3 is 0.953 bits per heavy atom. The van der Waals surface area contributed by atoms with E-state index in [4.69, 9.17) is 9.47 Å². The SMILES string of the molecule is CCCC/C=C\CCCCCCCC(=O)OCC(O)COP(=O)(O)OCC(O)COP(=O)(O)OCC(O)COC(=O)CCCCCCCCCCCCC/C=C/CCCCCCCC. The minimum Gasteiger partial charge on any atom is -0.463 e. The molecule has 0 bridgehead atoms. The number of allylic oxidation sites excluding steroid dienone is 4. The molecule has 0 aliphatic heterocycles. The lowest BCUT2D eigenvalue weighted by Crippen LogP contribution is -2.25. The third-order valence-electron chi connectivity index (χ3n) is 10.4. The van der Waals surface area contributed by atoms with Crippen LogP contribution >= 0.6 is 15.6 Å². The molecule has 5 atom stereocenters. The summed E-state index contributed by atoms with van der Waals surface area (Å²) in [5, 5.41) is 30.0. The summed E-state index contributed by atoms with van der Waals surface area (Å²) in [6.07, 6.45) is 37.5.